The van der Waals surface area contributed by atoms with Gasteiger partial charge in [0.1, 0.15) is 5.75 Å². The average molecular weight is 276 g/mol. The summed E-state index contributed by atoms with van der Waals surface area (Å²) in [5.74, 6) is 1.61. The van der Waals surface area contributed by atoms with Crippen molar-refractivity contribution in [1.82, 2.24) is 0 Å². The van der Waals surface area contributed by atoms with Gasteiger partial charge in [0.25, 0.3) is 0 Å². The normalized spacial score (nSPS) is 11.8. The van der Waals surface area contributed by atoms with Gasteiger partial charge in [0.2, 0.25) is 0 Å². The summed E-state index contributed by atoms with van der Waals surface area (Å²) in [4.78, 5) is 12.1. The Labute approximate surface area is 123 Å². The fraction of sp³-hybridized carbons (Fsp3) is 0.611. The van der Waals surface area contributed by atoms with E-state index in [4.69, 9.17) is 4.74 Å². The predicted octanol–water partition coefficient (Wildman–Crippen LogP) is 5.00. The minimum Gasteiger partial charge on any atom is -0.493 e. The highest BCUT2D eigenvalue weighted by Crippen LogP contribution is 2.32. The molecule has 2 nitrogen and oxygen atoms in total. The summed E-state index contributed by atoms with van der Waals surface area (Å²) in [6.45, 7) is 13.5. The van der Waals surface area contributed by atoms with Gasteiger partial charge in [0.15, 0.2) is 5.78 Å². The Hall–Kier alpha value is -1.31. The van der Waals surface area contributed by atoms with Crippen LogP contribution in [0.4, 0.5) is 0 Å². The highest BCUT2D eigenvalue weighted by molar-refractivity contribution is 5.96. The number of hydrogen-bond acceptors (Lipinski definition) is 2. The molecule has 0 unspecified atom stereocenters. The quantitative estimate of drug-likeness (QED) is 0.683. The highest BCUT2D eigenvalue weighted by atomic mass is 16.5. The van der Waals surface area contributed by atoms with Crippen molar-refractivity contribution in [3.8, 4) is 5.75 Å². The molecular weight excluding hydrogens is 248 g/mol. The fourth-order valence-electron chi connectivity index (χ4n) is 2.04. The van der Waals surface area contributed by atoms with E-state index in [1.165, 1.54) is 0 Å². The summed E-state index contributed by atoms with van der Waals surface area (Å²) in [6.07, 6.45) is 1.49. The van der Waals surface area contributed by atoms with Crippen LogP contribution in [0.25, 0.3) is 0 Å². The topological polar surface area (TPSA) is 26.3 Å². The molecule has 1 aromatic rings. The van der Waals surface area contributed by atoms with E-state index in [9.17, 15) is 4.79 Å². The number of carbonyl (C=O) groups is 1. The van der Waals surface area contributed by atoms with Crippen molar-refractivity contribution in [2.75, 3.05) is 6.61 Å². The number of Topliss-reactive ketones (excluding diaryl/α,β-unsaturated/α-hetero) is 1. The lowest BCUT2D eigenvalue weighted by molar-refractivity contribution is 0.0981. The number of ether oxygens (including phenoxy) is 1. The largest absolute Gasteiger partial charge is 0.493 e. The highest BCUT2D eigenvalue weighted by Gasteiger charge is 2.21. The first-order chi connectivity index (χ1) is 9.25. The van der Waals surface area contributed by atoms with Crippen molar-refractivity contribution in [2.24, 2.45) is 5.92 Å². The molecule has 112 valence electrons. The zero-order valence-electron chi connectivity index (χ0n) is 13.7. The van der Waals surface area contributed by atoms with E-state index < -0.39 is 0 Å². The molecule has 0 atom stereocenters. The smallest absolute Gasteiger partial charge is 0.162 e. The second kappa shape index (κ2) is 6.92. The zero-order chi connectivity index (χ0) is 15.3. The Morgan fingerprint density at radius 2 is 1.90 bits per heavy atom. The van der Waals surface area contributed by atoms with Crippen LogP contribution in [0.15, 0.2) is 18.2 Å². The van der Waals surface area contributed by atoms with E-state index in [0.29, 0.717) is 18.9 Å². The summed E-state index contributed by atoms with van der Waals surface area (Å²) < 4.78 is 5.91. The van der Waals surface area contributed by atoms with Gasteiger partial charge in [0.05, 0.1) is 6.61 Å². The summed E-state index contributed by atoms with van der Waals surface area (Å²) in [6, 6.07) is 5.85. The first kappa shape index (κ1) is 16.7. The molecule has 0 amide bonds. The molecule has 0 aliphatic carbocycles. The number of hydrogen-bond donors (Lipinski definition) is 0. The molecule has 0 saturated carbocycles. The van der Waals surface area contributed by atoms with Crippen LogP contribution in [0.5, 0.6) is 5.75 Å². The molecule has 0 radical (unpaired) electrons. The van der Waals surface area contributed by atoms with Crippen LogP contribution in [0.2, 0.25) is 0 Å². The summed E-state index contributed by atoms with van der Waals surface area (Å²) >= 11 is 0. The fourth-order valence-corrected chi connectivity index (χ4v) is 2.04. The molecule has 0 N–H and O–H groups in total. The predicted molar refractivity (Wildman–Crippen MR) is 84.7 cm³/mol. The first-order valence-electron chi connectivity index (χ1n) is 7.56. The van der Waals surface area contributed by atoms with E-state index in [-0.39, 0.29) is 11.2 Å². The maximum atomic E-state index is 12.1. The van der Waals surface area contributed by atoms with Gasteiger partial charge in [-0.3, -0.25) is 4.79 Å². The Morgan fingerprint density at radius 1 is 1.25 bits per heavy atom. The van der Waals surface area contributed by atoms with Gasteiger partial charge in [-0.05, 0) is 36.0 Å². The molecule has 2 heteroatoms. The summed E-state index contributed by atoms with van der Waals surface area (Å²) in [5.41, 5.74) is 1.88. The van der Waals surface area contributed by atoms with Gasteiger partial charge >= 0.3 is 0 Å². The third-order valence-corrected chi connectivity index (χ3v) is 3.16. The molecular formula is C18H28O2. The van der Waals surface area contributed by atoms with Gasteiger partial charge in [0, 0.05) is 17.5 Å². The van der Waals surface area contributed by atoms with Gasteiger partial charge in [-0.2, -0.15) is 0 Å². The van der Waals surface area contributed by atoms with E-state index in [0.717, 1.165) is 23.3 Å². The van der Waals surface area contributed by atoms with E-state index in [1.807, 2.05) is 25.1 Å². The van der Waals surface area contributed by atoms with Crippen molar-refractivity contribution >= 4 is 5.78 Å². The zero-order valence-corrected chi connectivity index (χ0v) is 13.7. The molecule has 0 aliphatic heterocycles. The molecule has 0 aromatic heterocycles. The van der Waals surface area contributed by atoms with Gasteiger partial charge < -0.3 is 4.74 Å². The van der Waals surface area contributed by atoms with Crippen molar-refractivity contribution in [1.29, 1.82) is 0 Å². The van der Waals surface area contributed by atoms with E-state index in [1.54, 1.807) is 0 Å². The SMILES string of the molecule is CCCC(=O)c1ccc(OCC(C)C)c(C(C)(C)C)c1. The molecule has 0 bridgehead atoms. The second-order valence-electron chi connectivity index (χ2n) is 6.84. The van der Waals surface area contributed by atoms with Crippen LogP contribution in [0, 0.1) is 5.92 Å². The molecule has 1 aromatic carbocycles. The van der Waals surface area contributed by atoms with E-state index >= 15 is 0 Å². The Bertz CT molecular complexity index is 453. The third kappa shape index (κ3) is 4.66. The first-order valence-corrected chi connectivity index (χ1v) is 7.56. The molecule has 20 heavy (non-hydrogen) atoms. The minimum absolute atomic E-state index is 0.0329. The lowest BCUT2D eigenvalue weighted by Gasteiger charge is -2.24. The lowest BCUT2D eigenvalue weighted by atomic mass is 9.84. The third-order valence-electron chi connectivity index (χ3n) is 3.16. The van der Waals surface area contributed by atoms with Gasteiger partial charge in [-0.15, -0.1) is 0 Å². The summed E-state index contributed by atoms with van der Waals surface area (Å²) in [5, 5.41) is 0. The maximum absolute atomic E-state index is 12.1. The molecule has 1 rings (SSSR count). The van der Waals surface area contributed by atoms with Crippen molar-refractivity contribution in [3.05, 3.63) is 29.3 Å². The number of benzene rings is 1. The number of rotatable bonds is 6. The molecule has 0 spiro atoms. The number of ketones is 1. The molecule has 0 fully saturated rings. The standard InChI is InChI=1S/C18H28O2/c1-7-8-16(19)14-9-10-17(20-12-13(2)3)15(11-14)18(4,5)6/h9-11,13H,7-8,12H2,1-6H3. The van der Waals surface area contributed by atoms with Crippen LogP contribution < -0.4 is 4.74 Å². The number of carbonyl (C=O) groups excluding carboxylic acids is 1. The average Bonchev–Trinajstić information content (AvgIpc) is 2.35. The lowest BCUT2D eigenvalue weighted by Crippen LogP contribution is -2.16. The van der Waals surface area contributed by atoms with Crippen LogP contribution in [0.1, 0.15) is 70.3 Å². The summed E-state index contributed by atoms with van der Waals surface area (Å²) in [7, 11) is 0. The molecule has 0 saturated heterocycles. The van der Waals surface area contributed by atoms with Crippen LogP contribution in [0.3, 0.4) is 0 Å². The van der Waals surface area contributed by atoms with Crippen LogP contribution >= 0.6 is 0 Å². The minimum atomic E-state index is -0.0329. The van der Waals surface area contributed by atoms with Gasteiger partial charge in [-0.1, -0.05) is 41.5 Å². The van der Waals surface area contributed by atoms with Crippen molar-refractivity contribution in [3.63, 3.8) is 0 Å². The second-order valence-corrected chi connectivity index (χ2v) is 6.84. The molecule has 0 aliphatic rings. The van der Waals surface area contributed by atoms with Crippen LogP contribution in [-0.4, -0.2) is 12.4 Å². The van der Waals surface area contributed by atoms with Crippen molar-refractivity contribution < 1.29 is 9.53 Å². The Balaban J connectivity index is 3.10. The monoisotopic (exact) mass is 276 g/mol. The Morgan fingerprint density at radius 3 is 2.40 bits per heavy atom. The molecule has 0 heterocycles. The maximum Gasteiger partial charge on any atom is 0.162 e. The van der Waals surface area contributed by atoms with Crippen molar-refractivity contribution in [2.45, 2.75) is 59.8 Å². The Kier molecular flexibility index (Phi) is 5.79. The van der Waals surface area contributed by atoms with Gasteiger partial charge in [-0.25, -0.2) is 0 Å². The van der Waals surface area contributed by atoms with E-state index in [2.05, 4.69) is 34.6 Å². The van der Waals surface area contributed by atoms with Crippen LogP contribution in [-0.2, 0) is 5.41 Å².